The molecule has 0 atom stereocenters. The summed E-state index contributed by atoms with van der Waals surface area (Å²) in [5.41, 5.74) is 8.12. The number of hydrogen-bond acceptors (Lipinski definition) is 2. The summed E-state index contributed by atoms with van der Waals surface area (Å²) in [6.07, 6.45) is 0. The van der Waals surface area contributed by atoms with Gasteiger partial charge in [0, 0.05) is 0 Å². The van der Waals surface area contributed by atoms with E-state index in [0.29, 0.717) is 78.3 Å². The fourth-order valence-electron chi connectivity index (χ4n) is 16.1. The summed E-state index contributed by atoms with van der Waals surface area (Å²) < 4.78 is 226. The fraction of sp³-hybridized carbons (Fsp3) is 0.120. The Kier molecular flexibility index (Phi) is 10.6. The zero-order valence-corrected chi connectivity index (χ0v) is 63.4. The molecule has 107 heavy (non-hydrogen) atoms. The van der Waals surface area contributed by atoms with E-state index in [1.165, 1.54) is 9.13 Å². The predicted molar refractivity (Wildman–Crippen MR) is 461 cm³/mol. The van der Waals surface area contributed by atoms with Crippen LogP contribution in [0.4, 0.5) is 34.1 Å². The second-order valence-corrected chi connectivity index (χ2v) is 34.9. The van der Waals surface area contributed by atoms with Crippen molar-refractivity contribution in [3.8, 4) is 67.0 Å². The minimum atomic E-state index is -1.60. The summed E-state index contributed by atoms with van der Waals surface area (Å²) in [6.45, 7) is 17.5. The van der Waals surface area contributed by atoms with Crippen LogP contribution in [-0.4, -0.2) is 44.9 Å². The SMILES string of the molecule is [2H]c1c([2H])c(-n2c3[se]c4c([2H])c([2H])c([2H])c([2H])c4c3c3c([2H])c([2H])c([2H])c([2H])c32)c([2H])c2c1B1c3c(cc(-c4ccccc4C(C)(C)C)cc3N(c3c(-c4ccccc4)cc(C(C)(C)C)cc3-c3ccccc3)c3c([2H])c(-n4c5[se]c6c([2H])c([2H])c([2H])c([2H])c6c5c5c([2H])c([2H])c([2H])c([2H])c54)c([2H])c([2H])c31)N2c1c(-c2ccccc2)cc(C(C)(C)C)cc1-c1ccccc1. The zero-order chi connectivity index (χ0) is 91.5. The second kappa shape index (κ2) is 24.7. The average Bonchev–Trinajstić information content (AvgIpc) is 1.48. The molecule has 514 valence electrons. The summed E-state index contributed by atoms with van der Waals surface area (Å²) in [6, 6.07) is 47.4. The van der Waals surface area contributed by atoms with E-state index in [1.54, 1.807) is 0 Å². The Labute approximate surface area is 669 Å². The van der Waals surface area contributed by atoms with Crippen molar-refractivity contribution in [3.05, 3.63) is 332 Å². The summed E-state index contributed by atoms with van der Waals surface area (Å²) >= 11 is -2.46. The van der Waals surface area contributed by atoms with Gasteiger partial charge in [-0.2, -0.15) is 0 Å². The van der Waals surface area contributed by atoms with E-state index in [2.05, 4.69) is 105 Å². The van der Waals surface area contributed by atoms with Gasteiger partial charge < -0.3 is 0 Å². The van der Waals surface area contributed by atoms with Gasteiger partial charge in [0.15, 0.2) is 0 Å². The number of nitrogens with zero attached hydrogens (tertiary/aromatic N) is 4. The first-order valence-corrected chi connectivity index (χ1v) is 39.2. The van der Waals surface area contributed by atoms with Gasteiger partial charge in [0.05, 0.1) is 0 Å². The van der Waals surface area contributed by atoms with Crippen LogP contribution < -0.4 is 26.2 Å². The number of fused-ring (bicyclic) bond motifs is 14. The first kappa shape index (κ1) is 46.1. The molecule has 4 nitrogen and oxygen atoms in total. The summed E-state index contributed by atoms with van der Waals surface area (Å²) in [5, 5.41) is -0.180. The number of rotatable bonds is 9. The molecule has 0 unspecified atom stereocenters. The Morgan fingerprint density at radius 2 is 0.682 bits per heavy atom. The summed E-state index contributed by atoms with van der Waals surface area (Å²) in [5.74, 6) is 0. The van der Waals surface area contributed by atoms with Gasteiger partial charge in [0.25, 0.3) is 0 Å². The molecule has 0 saturated heterocycles. The first-order chi connectivity index (χ1) is 61.2. The molecular weight excluding hydrogens is 1430 g/mol. The standard InChI is InChI=1S/C100H79BN4Se2/c1-98(2,3)67-56-76(62-32-14-10-15-33-62)94(77(57-67)63-34-16-11-17-35-63)104-85-60-69(102-83-46-28-23-41-72(83)91-74-43-25-30-48-89(74)106-96(91)102)50-52-81(85)101-82-53-51-70(103-84-47-29-24-42-73(84)92-75-44-26-31-49-90(75)107-97(92)103)61-86(82)105(88-55-66(54-87(104)93(88)101)71-40-22-27-45-80(71)100(7,8)9)95-78(64-36-18-12-19-37-64)58-68(99(4,5)6)59-79(95)65-38-20-13-21-39-65/h10-61H,1-9H3/i23D,24D,25D,26D,28D,29D,30D,31D,41D,42D,43D,44D,46D,47D,48D,49D,50D,51D,52D,53D,60D,61D. The molecule has 0 bridgehead atoms. The second-order valence-electron chi connectivity index (χ2n) is 30.7. The van der Waals surface area contributed by atoms with Gasteiger partial charge in [0.2, 0.25) is 0 Å². The molecule has 14 aromatic carbocycles. The van der Waals surface area contributed by atoms with Crippen molar-refractivity contribution in [3.63, 3.8) is 0 Å². The molecule has 2 aliphatic heterocycles. The Balaban J connectivity index is 1.08. The van der Waals surface area contributed by atoms with Crippen molar-refractivity contribution in [1.29, 1.82) is 0 Å². The molecule has 2 aliphatic rings. The molecule has 0 aliphatic carbocycles. The van der Waals surface area contributed by atoms with Gasteiger partial charge in [-0.05, 0) is 0 Å². The Morgan fingerprint density at radius 3 is 1.07 bits per heavy atom. The van der Waals surface area contributed by atoms with Crippen molar-refractivity contribution >= 4 is 147 Å². The first-order valence-electron chi connectivity index (χ1n) is 46.8. The van der Waals surface area contributed by atoms with Crippen LogP contribution >= 0.6 is 0 Å². The summed E-state index contributed by atoms with van der Waals surface area (Å²) in [7, 11) is 0. The van der Waals surface area contributed by atoms with Gasteiger partial charge in [-0.3, -0.25) is 0 Å². The maximum absolute atomic E-state index is 12.0. The van der Waals surface area contributed by atoms with Crippen LogP contribution in [0, 0.1) is 0 Å². The van der Waals surface area contributed by atoms with E-state index in [9.17, 15) is 24.7 Å². The molecule has 0 spiro atoms. The van der Waals surface area contributed by atoms with E-state index in [1.807, 2.05) is 149 Å². The molecule has 7 heteroatoms. The molecule has 20 rings (SSSR count). The van der Waals surface area contributed by atoms with Crippen molar-refractivity contribution in [2.24, 2.45) is 0 Å². The molecule has 0 N–H and O–H groups in total. The van der Waals surface area contributed by atoms with Crippen LogP contribution in [0.1, 0.15) is 109 Å². The van der Waals surface area contributed by atoms with E-state index >= 15 is 0 Å². The third-order valence-corrected chi connectivity index (χ3v) is 25.7. The molecule has 0 radical (unpaired) electrons. The van der Waals surface area contributed by atoms with Gasteiger partial charge >= 0.3 is 646 Å². The molecule has 18 aromatic rings. The van der Waals surface area contributed by atoms with E-state index in [4.69, 9.17) is 5.48 Å². The Bertz CT molecular complexity index is 7470. The van der Waals surface area contributed by atoms with E-state index in [-0.39, 0.29) is 106 Å². The van der Waals surface area contributed by atoms with Crippen molar-refractivity contribution in [1.82, 2.24) is 9.13 Å². The zero-order valence-electron chi connectivity index (χ0n) is 82.0. The molecule has 4 aromatic heterocycles. The normalized spacial score (nSPS) is 15.9. The number of anilines is 6. The summed E-state index contributed by atoms with van der Waals surface area (Å²) in [4.78, 5) is 3.96. The fourth-order valence-corrected chi connectivity index (χ4v) is 20.8. The topological polar surface area (TPSA) is 16.3 Å². The number of aromatic nitrogens is 2. The van der Waals surface area contributed by atoms with Crippen molar-refractivity contribution < 1.29 is 30.2 Å². The predicted octanol–water partition coefficient (Wildman–Crippen LogP) is 24.6. The average molecular weight is 1530 g/mol. The van der Waals surface area contributed by atoms with Crippen LogP contribution in [0.25, 0.3) is 128 Å². The van der Waals surface area contributed by atoms with Gasteiger partial charge in [0.1, 0.15) is 0 Å². The molecule has 0 fully saturated rings. The maximum atomic E-state index is 12.0. The molecule has 0 saturated carbocycles. The van der Waals surface area contributed by atoms with E-state index in [0.717, 1.165) is 22.3 Å². The number of hydrogen-bond donors (Lipinski definition) is 0. The van der Waals surface area contributed by atoms with Crippen LogP contribution in [-0.2, 0) is 16.2 Å². The third kappa shape index (κ3) is 10.4. The van der Waals surface area contributed by atoms with Gasteiger partial charge in [-0.15, -0.1) is 0 Å². The van der Waals surface area contributed by atoms with E-state index < -0.39 is 173 Å². The minimum absolute atomic E-state index is 0.00548. The molecule has 0 amide bonds. The van der Waals surface area contributed by atoms with Crippen molar-refractivity contribution in [2.45, 2.75) is 78.6 Å². The molecule has 6 heterocycles. The number of para-hydroxylation sites is 2. The van der Waals surface area contributed by atoms with Gasteiger partial charge in [-0.25, -0.2) is 0 Å². The van der Waals surface area contributed by atoms with Crippen molar-refractivity contribution in [2.75, 3.05) is 9.80 Å². The Hall–Kier alpha value is -11.1. The van der Waals surface area contributed by atoms with Crippen LogP contribution in [0.15, 0.2) is 315 Å². The van der Waals surface area contributed by atoms with Crippen LogP contribution in [0.3, 0.4) is 0 Å². The Morgan fingerprint density at radius 1 is 0.327 bits per heavy atom. The third-order valence-electron chi connectivity index (χ3n) is 21.1. The van der Waals surface area contributed by atoms with Gasteiger partial charge in [-0.1, -0.05) is 26.8 Å². The quantitative estimate of drug-likeness (QED) is 0.134. The monoisotopic (exact) mass is 1530 g/mol. The number of benzene rings is 14. The van der Waals surface area contributed by atoms with Crippen LogP contribution in [0.2, 0.25) is 0 Å². The molecular formula is C100H79BN4Se2. The van der Waals surface area contributed by atoms with Crippen LogP contribution in [0.5, 0.6) is 0 Å².